The molecule has 1 saturated heterocycles. The molecule has 3 heterocycles. The van der Waals surface area contributed by atoms with E-state index in [1.807, 2.05) is 20.1 Å². The van der Waals surface area contributed by atoms with Crippen molar-refractivity contribution in [3.63, 3.8) is 0 Å². The van der Waals surface area contributed by atoms with Crippen molar-refractivity contribution >= 4 is 32.8 Å². The highest BCUT2D eigenvalue weighted by Crippen LogP contribution is 2.32. The van der Waals surface area contributed by atoms with Crippen LogP contribution in [0.5, 0.6) is 5.75 Å². The Balaban J connectivity index is 1.78. The van der Waals surface area contributed by atoms with E-state index in [9.17, 15) is 13.2 Å². The number of sulfonamides is 1. The molecule has 0 atom stereocenters. The van der Waals surface area contributed by atoms with Gasteiger partial charge in [-0.05, 0) is 37.8 Å². The lowest BCUT2D eigenvalue weighted by atomic mass is 10.1. The molecule has 2 aromatic heterocycles. The van der Waals surface area contributed by atoms with Crippen molar-refractivity contribution in [3.8, 4) is 17.1 Å². The summed E-state index contributed by atoms with van der Waals surface area (Å²) in [6.07, 6.45) is 3.58. The van der Waals surface area contributed by atoms with Gasteiger partial charge in [0.2, 0.25) is 10.0 Å². The number of piperazine rings is 1. The Morgan fingerprint density at radius 2 is 1.91 bits per heavy atom. The minimum atomic E-state index is -3.72. The first kappa shape index (κ1) is 25.7. The molecule has 4 rings (SSSR count). The lowest BCUT2D eigenvalue weighted by molar-refractivity contribution is 0.215. The number of nitrogens with one attached hydrogen (secondary N) is 1. The fourth-order valence-corrected chi connectivity index (χ4v) is 6.42. The van der Waals surface area contributed by atoms with Crippen molar-refractivity contribution in [2.75, 3.05) is 44.9 Å². The summed E-state index contributed by atoms with van der Waals surface area (Å²) in [5.41, 5.74) is 1.75. The second-order valence-corrected chi connectivity index (χ2v) is 11.2. The Morgan fingerprint density at radius 1 is 1.17 bits per heavy atom. The smallest absolute Gasteiger partial charge is 0.277 e. The fraction of sp³-hybridized carbons (Fsp3) is 0.522. The highest BCUT2D eigenvalue weighted by molar-refractivity contribution is 7.98. The summed E-state index contributed by atoms with van der Waals surface area (Å²) in [5, 5.41) is 4.47. The van der Waals surface area contributed by atoms with Gasteiger partial charge < -0.3 is 9.72 Å². The number of rotatable bonds is 9. The van der Waals surface area contributed by atoms with Crippen LogP contribution in [0.1, 0.15) is 26.0 Å². The van der Waals surface area contributed by atoms with Gasteiger partial charge >= 0.3 is 0 Å². The molecule has 3 aromatic rings. The third-order valence-electron chi connectivity index (χ3n) is 6.04. The van der Waals surface area contributed by atoms with E-state index in [-0.39, 0.29) is 16.3 Å². The fourth-order valence-electron chi connectivity index (χ4n) is 4.35. The normalized spacial score (nSPS) is 15.7. The molecule has 1 aliphatic rings. The Labute approximate surface area is 209 Å². The van der Waals surface area contributed by atoms with Crippen molar-refractivity contribution in [2.45, 2.75) is 31.6 Å². The first-order valence-electron chi connectivity index (χ1n) is 11.7. The summed E-state index contributed by atoms with van der Waals surface area (Å²) >= 11 is 1.73. The van der Waals surface area contributed by atoms with Crippen LogP contribution < -0.4 is 10.3 Å². The summed E-state index contributed by atoms with van der Waals surface area (Å²) in [4.78, 5) is 22.9. The molecule has 0 radical (unpaired) electrons. The van der Waals surface area contributed by atoms with Gasteiger partial charge in [-0.1, -0.05) is 13.3 Å². The number of aromatic nitrogens is 4. The Bertz CT molecular complexity index is 1360. The van der Waals surface area contributed by atoms with Crippen LogP contribution in [-0.4, -0.2) is 82.3 Å². The van der Waals surface area contributed by atoms with E-state index in [0.717, 1.165) is 18.0 Å². The number of hydrogen-bond acceptors (Lipinski definition) is 8. The SMILES string of the molecule is CCCc1nn(C)c2c(=O)[nH]c(-c3cc(S(=O)(=O)N4CCN(CSC)CC4)ccc3OCC)nc12. The van der Waals surface area contributed by atoms with Gasteiger partial charge in [-0.2, -0.15) is 9.40 Å². The zero-order chi connectivity index (χ0) is 25.2. The zero-order valence-corrected chi connectivity index (χ0v) is 22.2. The molecule has 1 aliphatic heterocycles. The van der Waals surface area contributed by atoms with Gasteiger partial charge in [-0.3, -0.25) is 14.4 Å². The van der Waals surface area contributed by atoms with Crippen LogP contribution in [0.2, 0.25) is 0 Å². The lowest BCUT2D eigenvalue weighted by Gasteiger charge is -2.33. The number of aromatic amines is 1. The number of ether oxygens (including phenoxy) is 1. The average molecular weight is 521 g/mol. The van der Waals surface area contributed by atoms with Crippen LogP contribution >= 0.6 is 11.8 Å². The van der Waals surface area contributed by atoms with Crippen molar-refractivity contribution in [3.05, 3.63) is 34.2 Å². The molecule has 190 valence electrons. The molecule has 1 aromatic carbocycles. The Hall–Kier alpha value is -2.41. The van der Waals surface area contributed by atoms with E-state index in [4.69, 9.17) is 9.72 Å². The number of hydrogen-bond donors (Lipinski definition) is 1. The first-order valence-corrected chi connectivity index (χ1v) is 14.6. The van der Waals surface area contributed by atoms with Gasteiger partial charge in [0.1, 0.15) is 17.1 Å². The largest absolute Gasteiger partial charge is 0.493 e. The molecule has 0 unspecified atom stereocenters. The maximum atomic E-state index is 13.5. The predicted octanol–water partition coefficient (Wildman–Crippen LogP) is 2.30. The first-order chi connectivity index (χ1) is 16.8. The molecular formula is C23H32N6O4S2. The highest BCUT2D eigenvalue weighted by Gasteiger charge is 2.29. The van der Waals surface area contributed by atoms with Crippen molar-refractivity contribution < 1.29 is 13.2 Å². The standard InChI is InChI=1S/C23H32N6O4S2/c1-5-7-18-20-21(27(3)26-18)23(30)25-22(24-20)17-14-16(8-9-19(17)33-6-2)35(31,32)29-12-10-28(11-13-29)15-34-4/h8-9,14H,5-7,10-13,15H2,1-4H3,(H,24,25,30). The number of benzene rings is 1. The van der Waals surface area contributed by atoms with Crippen molar-refractivity contribution in [1.29, 1.82) is 0 Å². The summed E-state index contributed by atoms with van der Waals surface area (Å²) in [7, 11) is -2.00. The van der Waals surface area contributed by atoms with Crippen LogP contribution in [0.25, 0.3) is 22.4 Å². The molecule has 1 N–H and O–H groups in total. The summed E-state index contributed by atoms with van der Waals surface area (Å²) in [6, 6.07) is 4.74. The number of H-pyrrole nitrogens is 1. The minimum Gasteiger partial charge on any atom is -0.493 e. The van der Waals surface area contributed by atoms with Gasteiger partial charge in [0, 0.05) is 39.1 Å². The number of aryl methyl sites for hydroxylation is 2. The molecule has 10 nitrogen and oxygen atoms in total. The second-order valence-electron chi connectivity index (χ2n) is 8.46. The van der Waals surface area contributed by atoms with Gasteiger partial charge in [0.25, 0.3) is 5.56 Å². The van der Waals surface area contributed by atoms with Crippen LogP contribution in [0.15, 0.2) is 27.9 Å². The van der Waals surface area contributed by atoms with Crippen LogP contribution in [0, 0.1) is 0 Å². The molecule has 12 heteroatoms. The molecule has 35 heavy (non-hydrogen) atoms. The van der Waals surface area contributed by atoms with Gasteiger partial charge in [0.05, 0.1) is 22.8 Å². The van der Waals surface area contributed by atoms with Crippen LogP contribution in [-0.2, 0) is 23.5 Å². The molecule has 0 bridgehead atoms. The van der Waals surface area contributed by atoms with E-state index in [0.29, 0.717) is 61.6 Å². The predicted molar refractivity (Wildman–Crippen MR) is 138 cm³/mol. The van der Waals surface area contributed by atoms with Gasteiger partial charge in [0.15, 0.2) is 5.52 Å². The van der Waals surface area contributed by atoms with Crippen LogP contribution in [0.4, 0.5) is 0 Å². The summed E-state index contributed by atoms with van der Waals surface area (Å²) < 4.78 is 35.8. The monoisotopic (exact) mass is 520 g/mol. The Kier molecular flexibility index (Phi) is 7.84. The van der Waals surface area contributed by atoms with Gasteiger partial charge in [-0.25, -0.2) is 13.4 Å². The Morgan fingerprint density at radius 3 is 2.57 bits per heavy atom. The zero-order valence-electron chi connectivity index (χ0n) is 20.6. The number of fused-ring (bicyclic) bond motifs is 1. The quantitative estimate of drug-likeness (QED) is 0.457. The van der Waals surface area contributed by atoms with Gasteiger partial charge in [-0.15, -0.1) is 11.8 Å². The minimum absolute atomic E-state index is 0.150. The van der Waals surface area contributed by atoms with E-state index < -0.39 is 10.0 Å². The molecule has 1 fully saturated rings. The third kappa shape index (κ3) is 5.11. The number of thioether (sulfide) groups is 1. The average Bonchev–Trinajstić information content (AvgIpc) is 3.15. The summed E-state index contributed by atoms with van der Waals surface area (Å²) in [6.45, 7) is 6.52. The number of nitrogens with zero attached hydrogens (tertiary/aromatic N) is 5. The van der Waals surface area contributed by atoms with E-state index in [2.05, 4.69) is 15.0 Å². The summed E-state index contributed by atoms with van der Waals surface area (Å²) in [5.74, 6) is 1.61. The topological polar surface area (TPSA) is 113 Å². The van der Waals surface area contributed by atoms with Crippen LogP contribution in [0.3, 0.4) is 0 Å². The molecule has 0 spiro atoms. The highest BCUT2D eigenvalue weighted by atomic mass is 32.2. The maximum Gasteiger partial charge on any atom is 0.277 e. The third-order valence-corrected chi connectivity index (χ3v) is 8.55. The van der Waals surface area contributed by atoms with E-state index >= 15 is 0 Å². The van der Waals surface area contributed by atoms with E-state index in [1.54, 1.807) is 37.0 Å². The second kappa shape index (κ2) is 10.7. The van der Waals surface area contributed by atoms with E-state index in [1.165, 1.54) is 8.99 Å². The molecule has 0 aliphatic carbocycles. The molecule has 0 saturated carbocycles. The molecular weight excluding hydrogens is 488 g/mol. The maximum absolute atomic E-state index is 13.5. The molecule has 0 amide bonds. The lowest BCUT2D eigenvalue weighted by Crippen LogP contribution is -2.48. The van der Waals surface area contributed by atoms with Crippen molar-refractivity contribution in [2.24, 2.45) is 7.05 Å². The van der Waals surface area contributed by atoms with Crippen molar-refractivity contribution in [1.82, 2.24) is 29.0 Å².